The highest BCUT2D eigenvalue weighted by atomic mass is 15.1. The van der Waals surface area contributed by atoms with Crippen molar-refractivity contribution in [3.63, 3.8) is 0 Å². The van der Waals surface area contributed by atoms with Crippen molar-refractivity contribution in [2.45, 2.75) is 39.5 Å². The highest BCUT2D eigenvalue weighted by molar-refractivity contribution is 5.47. The van der Waals surface area contributed by atoms with Crippen molar-refractivity contribution in [1.82, 2.24) is 14.9 Å². The van der Waals surface area contributed by atoms with E-state index < -0.39 is 0 Å². The molecule has 5 nitrogen and oxygen atoms in total. The maximum atomic E-state index is 4.58. The third-order valence-electron chi connectivity index (χ3n) is 2.96. The van der Waals surface area contributed by atoms with E-state index in [4.69, 9.17) is 0 Å². The van der Waals surface area contributed by atoms with Gasteiger partial charge in [-0.25, -0.2) is 9.97 Å². The van der Waals surface area contributed by atoms with Crippen LogP contribution in [0.15, 0.2) is 6.07 Å². The van der Waals surface area contributed by atoms with Gasteiger partial charge in [-0.05, 0) is 40.4 Å². The normalized spacial score (nSPS) is 11.2. The van der Waals surface area contributed by atoms with Gasteiger partial charge in [0.1, 0.15) is 17.5 Å². The van der Waals surface area contributed by atoms with Crippen molar-refractivity contribution in [3.05, 3.63) is 11.9 Å². The van der Waals surface area contributed by atoms with Gasteiger partial charge in [-0.1, -0.05) is 13.8 Å². The Morgan fingerprint density at radius 2 is 1.75 bits per heavy atom. The summed E-state index contributed by atoms with van der Waals surface area (Å²) in [6.45, 7) is 9.26. The molecule has 0 aliphatic heterocycles. The predicted molar refractivity (Wildman–Crippen MR) is 86.6 cm³/mol. The van der Waals surface area contributed by atoms with Crippen LogP contribution in [0.5, 0.6) is 0 Å². The van der Waals surface area contributed by atoms with E-state index in [1.54, 1.807) is 0 Å². The standard InChI is InChI=1S/C15H29N5/c1-6-16-13-11-14(19-15(18-13)12(2)3)17-9-7-8-10-20(4)5/h11-12H,6-10H2,1-5H3,(H2,16,17,18,19). The minimum absolute atomic E-state index is 0.336. The number of unbranched alkanes of at least 4 members (excludes halogenated alkanes) is 1. The van der Waals surface area contributed by atoms with E-state index in [1.165, 1.54) is 6.42 Å². The van der Waals surface area contributed by atoms with Crippen LogP contribution in [0.1, 0.15) is 45.4 Å². The number of nitrogens with zero attached hydrogens (tertiary/aromatic N) is 3. The summed E-state index contributed by atoms with van der Waals surface area (Å²) in [5, 5.41) is 6.66. The predicted octanol–water partition coefficient (Wildman–Crippen LogP) is 2.79. The van der Waals surface area contributed by atoms with E-state index in [2.05, 4.69) is 60.4 Å². The van der Waals surface area contributed by atoms with Gasteiger partial charge in [0.2, 0.25) is 0 Å². The Bertz CT molecular complexity index is 390. The highest BCUT2D eigenvalue weighted by Gasteiger charge is 2.07. The summed E-state index contributed by atoms with van der Waals surface area (Å²) in [5.41, 5.74) is 0. The van der Waals surface area contributed by atoms with Gasteiger partial charge < -0.3 is 15.5 Å². The van der Waals surface area contributed by atoms with Crippen molar-refractivity contribution in [3.8, 4) is 0 Å². The molecule has 5 heteroatoms. The first-order valence-electron chi connectivity index (χ1n) is 7.54. The van der Waals surface area contributed by atoms with Gasteiger partial charge in [0.05, 0.1) is 0 Å². The first kappa shape index (κ1) is 16.7. The molecule has 1 rings (SSSR count). The number of hydrogen-bond donors (Lipinski definition) is 2. The van der Waals surface area contributed by atoms with Gasteiger partial charge in [-0.15, -0.1) is 0 Å². The summed E-state index contributed by atoms with van der Waals surface area (Å²) >= 11 is 0. The van der Waals surface area contributed by atoms with Crippen LogP contribution in [-0.2, 0) is 0 Å². The van der Waals surface area contributed by atoms with E-state index in [1.807, 2.05) is 6.07 Å². The number of aromatic nitrogens is 2. The summed E-state index contributed by atoms with van der Waals surface area (Å²) in [5.74, 6) is 3.05. The largest absolute Gasteiger partial charge is 0.370 e. The molecule has 2 N–H and O–H groups in total. The Morgan fingerprint density at radius 1 is 1.10 bits per heavy atom. The number of hydrogen-bond acceptors (Lipinski definition) is 5. The molecular formula is C15H29N5. The molecule has 0 aromatic carbocycles. The van der Waals surface area contributed by atoms with E-state index >= 15 is 0 Å². The molecule has 0 aliphatic rings. The molecule has 0 saturated heterocycles. The summed E-state index contributed by atoms with van der Waals surface area (Å²) in [6.07, 6.45) is 2.35. The summed E-state index contributed by atoms with van der Waals surface area (Å²) in [6, 6.07) is 1.99. The lowest BCUT2D eigenvalue weighted by molar-refractivity contribution is 0.396. The maximum absolute atomic E-state index is 4.58. The second kappa shape index (κ2) is 8.74. The zero-order chi connectivity index (χ0) is 15.0. The van der Waals surface area contributed by atoms with Crippen molar-refractivity contribution in [1.29, 1.82) is 0 Å². The van der Waals surface area contributed by atoms with Crippen LogP contribution in [-0.4, -0.2) is 48.6 Å². The molecule has 0 saturated carbocycles. The van der Waals surface area contributed by atoms with Crippen LogP contribution in [0.4, 0.5) is 11.6 Å². The third kappa shape index (κ3) is 6.19. The molecular weight excluding hydrogens is 250 g/mol. The molecule has 1 aromatic rings. The average Bonchev–Trinajstić information content (AvgIpc) is 2.38. The summed E-state index contributed by atoms with van der Waals surface area (Å²) in [7, 11) is 4.21. The molecule has 20 heavy (non-hydrogen) atoms. The number of rotatable bonds is 9. The second-order valence-electron chi connectivity index (χ2n) is 5.62. The number of anilines is 2. The molecule has 0 amide bonds. The monoisotopic (exact) mass is 279 g/mol. The highest BCUT2D eigenvalue weighted by Crippen LogP contribution is 2.16. The third-order valence-corrected chi connectivity index (χ3v) is 2.96. The van der Waals surface area contributed by atoms with Crippen molar-refractivity contribution in [2.75, 3.05) is 44.4 Å². The molecule has 0 unspecified atom stereocenters. The van der Waals surface area contributed by atoms with Crippen LogP contribution in [0.2, 0.25) is 0 Å². The smallest absolute Gasteiger partial charge is 0.135 e. The van der Waals surface area contributed by atoms with Crippen LogP contribution in [0, 0.1) is 0 Å². The lowest BCUT2D eigenvalue weighted by atomic mass is 10.2. The average molecular weight is 279 g/mol. The fraction of sp³-hybridized carbons (Fsp3) is 0.733. The molecule has 0 aliphatic carbocycles. The topological polar surface area (TPSA) is 53.1 Å². The SMILES string of the molecule is CCNc1cc(NCCCCN(C)C)nc(C(C)C)n1. The van der Waals surface area contributed by atoms with Gasteiger partial charge in [0.25, 0.3) is 0 Å². The van der Waals surface area contributed by atoms with Gasteiger partial charge in [-0.3, -0.25) is 0 Å². The molecule has 0 bridgehead atoms. The molecule has 114 valence electrons. The molecule has 1 heterocycles. The van der Waals surface area contributed by atoms with Gasteiger partial charge in [-0.2, -0.15) is 0 Å². The van der Waals surface area contributed by atoms with E-state index in [0.717, 1.165) is 43.5 Å². The summed E-state index contributed by atoms with van der Waals surface area (Å²) < 4.78 is 0. The van der Waals surface area contributed by atoms with Crippen LogP contribution >= 0.6 is 0 Å². The van der Waals surface area contributed by atoms with Crippen molar-refractivity contribution >= 4 is 11.6 Å². The molecule has 0 spiro atoms. The van der Waals surface area contributed by atoms with Gasteiger partial charge in [0, 0.05) is 25.1 Å². The minimum atomic E-state index is 0.336. The lowest BCUT2D eigenvalue weighted by Gasteiger charge is -2.13. The fourth-order valence-corrected chi connectivity index (χ4v) is 1.86. The Kier molecular flexibility index (Phi) is 7.30. The van der Waals surface area contributed by atoms with Crippen LogP contribution in [0.25, 0.3) is 0 Å². The lowest BCUT2D eigenvalue weighted by Crippen LogP contribution is -2.14. The van der Waals surface area contributed by atoms with E-state index in [9.17, 15) is 0 Å². The second-order valence-corrected chi connectivity index (χ2v) is 5.62. The maximum Gasteiger partial charge on any atom is 0.135 e. The molecule has 0 radical (unpaired) electrons. The Morgan fingerprint density at radius 3 is 2.30 bits per heavy atom. The molecule has 0 atom stereocenters. The van der Waals surface area contributed by atoms with Crippen LogP contribution < -0.4 is 10.6 Å². The number of nitrogens with one attached hydrogen (secondary N) is 2. The Balaban J connectivity index is 2.55. The molecule has 1 aromatic heterocycles. The first-order valence-corrected chi connectivity index (χ1v) is 7.54. The summed E-state index contributed by atoms with van der Waals surface area (Å²) in [4.78, 5) is 11.3. The Labute approximate surface area is 123 Å². The zero-order valence-electron chi connectivity index (χ0n) is 13.5. The quantitative estimate of drug-likeness (QED) is 0.681. The van der Waals surface area contributed by atoms with E-state index in [0.29, 0.717) is 5.92 Å². The Hall–Kier alpha value is -1.36. The van der Waals surface area contributed by atoms with Gasteiger partial charge >= 0.3 is 0 Å². The van der Waals surface area contributed by atoms with Crippen molar-refractivity contribution in [2.24, 2.45) is 0 Å². The van der Waals surface area contributed by atoms with Crippen molar-refractivity contribution < 1.29 is 0 Å². The van der Waals surface area contributed by atoms with Gasteiger partial charge in [0.15, 0.2) is 0 Å². The zero-order valence-corrected chi connectivity index (χ0v) is 13.5. The first-order chi connectivity index (χ1) is 9.52. The van der Waals surface area contributed by atoms with E-state index in [-0.39, 0.29) is 0 Å². The minimum Gasteiger partial charge on any atom is -0.370 e. The fourth-order valence-electron chi connectivity index (χ4n) is 1.86. The molecule has 0 fully saturated rings. The van der Waals surface area contributed by atoms with Crippen LogP contribution in [0.3, 0.4) is 0 Å².